The van der Waals surface area contributed by atoms with Gasteiger partial charge in [0.1, 0.15) is 0 Å². The van der Waals surface area contributed by atoms with E-state index in [4.69, 9.17) is 4.74 Å². The van der Waals surface area contributed by atoms with Crippen molar-refractivity contribution in [1.29, 1.82) is 0 Å². The van der Waals surface area contributed by atoms with Gasteiger partial charge in [-0.3, -0.25) is 0 Å². The van der Waals surface area contributed by atoms with Gasteiger partial charge in [-0.25, -0.2) is 0 Å². The molecule has 0 bridgehead atoms. The van der Waals surface area contributed by atoms with Crippen LogP contribution in [0.2, 0.25) is 0 Å². The molecular formula is C16H35NO. The number of unbranched alkanes of at least 4 members (excludes halogenated alkanes) is 4. The van der Waals surface area contributed by atoms with Crippen LogP contribution in [0.4, 0.5) is 0 Å². The van der Waals surface area contributed by atoms with Crippen molar-refractivity contribution in [2.75, 3.05) is 26.3 Å². The van der Waals surface area contributed by atoms with Gasteiger partial charge in [0.05, 0.1) is 0 Å². The molecule has 0 atom stereocenters. The van der Waals surface area contributed by atoms with Crippen molar-refractivity contribution in [2.24, 2.45) is 5.92 Å². The van der Waals surface area contributed by atoms with Crippen molar-refractivity contribution in [3.8, 4) is 0 Å². The fraction of sp³-hybridized carbons (Fsp3) is 1.00. The highest BCUT2D eigenvalue weighted by molar-refractivity contribution is 4.50. The lowest BCUT2D eigenvalue weighted by atomic mass is 10.1. The highest BCUT2D eigenvalue weighted by Crippen LogP contribution is 2.03. The standard InChI is InChI=1S/C16H35NO/c1-4-5-6-7-12-17-13-8-9-14-18-15-10-11-16(2)3/h16-17H,4-15H2,1-3H3. The number of hydrogen-bond donors (Lipinski definition) is 1. The van der Waals surface area contributed by atoms with Gasteiger partial charge in [0, 0.05) is 13.2 Å². The molecule has 0 aliphatic rings. The van der Waals surface area contributed by atoms with Crippen LogP contribution < -0.4 is 5.32 Å². The summed E-state index contributed by atoms with van der Waals surface area (Å²) >= 11 is 0. The second kappa shape index (κ2) is 15.0. The minimum Gasteiger partial charge on any atom is -0.381 e. The predicted octanol–water partition coefficient (Wildman–Crippen LogP) is 4.39. The van der Waals surface area contributed by atoms with Crippen molar-refractivity contribution < 1.29 is 4.74 Å². The highest BCUT2D eigenvalue weighted by atomic mass is 16.5. The molecule has 0 aromatic rings. The summed E-state index contributed by atoms with van der Waals surface area (Å²) in [5.41, 5.74) is 0. The van der Waals surface area contributed by atoms with Crippen LogP contribution in [-0.2, 0) is 4.74 Å². The van der Waals surface area contributed by atoms with Crippen LogP contribution in [0.25, 0.3) is 0 Å². The Hall–Kier alpha value is -0.0800. The molecule has 0 unspecified atom stereocenters. The lowest BCUT2D eigenvalue weighted by molar-refractivity contribution is 0.124. The van der Waals surface area contributed by atoms with Gasteiger partial charge in [0.15, 0.2) is 0 Å². The van der Waals surface area contributed by atoms with Gasteiger partial charge in [0.25, 0.3) is 0 Å². The Balaban J connectivity index is 2.90. The van der Waals surface area contributed by atoms with Crippen LogP contribution in [0.1, 0.15) is 72.1 Å². The summed E-state index contributed by atoms with van der Waals surface area (Å²) in [5, 5.41) is 3.51. The van der Waals surface area contributed by atoms with Crippen LogP contribution in [0.3, 0.4) is 0 Å². The third-order valence-corrected chi connectivity index (χ3v) is 3.17. The van der Waals surface area contributed by atoms with E-state index in [2.05, 4.69) is 26.1 Å². The summed E-state index contributed by atoms with van der Waals surface area (Å²) in [6.45, 7) is 11.0. The molecule has 0 spiro atoms. The molecule has 0 aliphatic carbocycles. The maximum Gasteiger partial charge on any atom is 0.0466 e. The summed E-state index contributed by atoms with van der Waals surface area (Å²) in [7, 11) is 0. The summed E-state index contributed by atoms with van der Waals surface area (Å²) in [4.78, 5) is 0. The molecule has 0 fully saturated rings. The number of nitrogens with one attached hydrogen (secondary N) is 1. The van der Waals surface area contributed by atoms with Crippen LogP contribution in [0, 0.1) is 5.92 Å². The molecule has 110 valence electrons. The molecule has 0 aromatic carbocycles. The third-order valence-electron chi connectivity index (χ3n) is 3.17. The SMILES string of the molecule is CCCCCCNCCCCOCCCC(C)C. The molecule has 18 heavy (non-hydrogen) atoms. The first-order chi connectivity index (χ1) is 8.77. The van der Waals surface area contributed by atoms with Gasteiger partial charge in [-0.1, -0.05) is 40.0 Å². The van der Waals surface area contributed by atoms with E-state index in [0.29, 0.717) is 0 Å². The second-order valence-corrected chi connectivity index (χ2v) is 5.67. The van der Waals surface area contributed by atoms with Crippen molar-refractivity contribution in [3.63, 3.8) is 0 Å². The molecule has 2 heteroatoms. The van der Waals surface area contributed by atoms with E-state index in [1.54, 1.807) is 0 Å². The van der Waals surface area contributed by atoms with Gasteiger partial charge < -0.3 is 10.1 Å². The molecule has 0 saturated heterocycles. The normalized spacial score (nSPS) is 11.3. The van der Waals surface area contributed by atoms with Crippen LogP contribution in [0.15, 0.2) is 0 Å². The molecule has 0 heterocycles. The Kier molecular flexibility index (Phi) is 14.9. The van der Waals surface area contributed by atoms with E-state index in [-0.39, 0.29) is 0 Å². The Morgan fingerprint density at radius 3 is 2.17 bits per heavy atom. The molecule has 1 N–H and O–H groups in total. The molecule has 0 aliphatic heterocycles. The lowest BCUT2D eigenvalue weighted by Crippen LogP contribution is -2.17. The number of hydrogen-bond acceptors (Lipinski definition) is 2. The largest absolute Gasteiger partial charge is 0.381 e. The highest BCUT2D eigenvalue weighted by Gasteiger charge is 1.94. The van der Waals surface area contributed by atoms with Crippen LogP contribution in [0.5, 0.6) is 0 Å². The van der Waals surface area contributed by atoms with E-state index in [0.717, 1.165) is 25.7 Å². The van der Waals surface area contributed by atoms with E-state index >= 15 is 0 Å². The molecule has 0 radical (unpaired) electrons. The lowest BCUT2D eigenvalue weighted by Gasteiger charge is -2.07. The monoisotopic (exact) mass is 257 g/mol. The minimum atomic E-state index is 0.811. The second-order valence-electron chi connectivity index (χ2n) is 5.67. The summed E-state index contributed by atoms with van der Waals surface area (Å²) in [5.74, 6) is 0.811. The third kappa shape index (κ3) is 15.9. The Morgan fingerprint density at radius 2 is 1.50 bits per heavy atom. The number of ether oxygens (including phenoxy) is 1. The predicted molar refractivity (Wildman–Crippen MR) is 81.1 cm³/mol. The Labute approximate surface area is 115 Å². The first-order valence-electron chi connectivity index (χ1n) is 8.05. The summed E-state index contributed by atoms with van der Waals surface area (Å²) < 4.78 is 5.62. The molecule has 0 aromatic heterocycles. The van der Waals surface area contributed by atoms with Crippen molar-refractivity contribution >= 4 is 0 Å². The maximum absolute atomic E-state index is 5.62. The first-order valence-corrected chi connectivity index (χ1v) is 8.05. The first kappa shape index (κ1) is 17.9. The topological polar surface area (TPSA) is 21.3 Å². The minimum absolute atomic E-state index is 0.811. The van der Waals surface area contributed by atoms with Crippen LogP contribution >= 0.6 is 0 Å². The van der Waals surface area contributed by atoms with Crippen molar-refractivity contribution in [2.45, 2.75) is 72.1 Å². The Bertz CT molecular complexity index is 148. The summed E-state index contributed by atoms with van der Waals surface area (Å²) in [6, 6.07) is 0. The molecular weight excluding hydrogens is 222 g/mol. The average Bonchev–Trinajstić information content (AvgIpc) is 2.34. The van der Waals surface area contributed by atoms with Crippen LogP contribution in [-0.4, -0.2) is 26.3 Å². The van der Waals surface area contributed by atoms with Gasteiger partial charge in [-0.15, -0.1) is 0 Å². The van der Waals surface area contributed by atoms with E-state index in [1.807, 2.05) is 0 Å². The summed E-state index contributed by atoms with van der Waals surface area (Å²) in [6.07, 6.45) is 10.4. The molecule has 0 rings (SSSR count). The molecule has 2 nitrogen and oxygen atoms in total. The van der Waals surface area contributed by atoms with Gasteiger partial charge in [0.2, 0.25) is 0 Å². The van der Waals surface area contributed by atoms with E-state index < -0.39 is 0 Å². The van der Waals surface area contributed by atoms with Crippen molar-refractivity contribution in [3.05, 3.63) is 0 Å². The van der Waals surface area contributed by atoms with Crippen molar-refractivity contribution in [1.82, 2.24) is 5.32 Å². The van der Waals surface area contributed by atoms with E-state index in [1.165, 1.54) is 57.9 Å². The zero-order valence-corrected chi connectivity index (χ0v) is 13.0. The Morgan fingerprint density at radius 1 is 0.833 bits per heavy atom. The quantitative estimate of drug-likeness (QED) is 0.466. The smallest absolute Gasteiger partial charge is 0.0466 e. The fourth-order valence-electron chi connectivity index (χ4n) is 1.95. The van der Waals surface area contributed by atoms with Gasteiger partial charge >= 0.3 is 0 Å². The number of rotatable bonds is 14. The van der Waals surface area contributed by atoms with E-state index in [9.17, 15) is 0 Å². The fourth-order valence-corrected chi connectivity index (χ4v) is 1.95. The van der Waals surface area contributed by atoms with Gasteiger partial charge in [-0.05, 0) is 51.1 Å². The maximum atomic E-state index is 5.62. The zero-order chi connectivity index (χ0) is 13.5. The average molecular weight is 257 g/mol. The molecule has 0 saturated carbocycles. The zero-order valence-electron chi connectivity index (χ0n) is 13.0. The van der Waals surface area contributed by atoms with Gasteiger partial charge in [-0.2, -0.15) is 0 Å². The molecule has 0 amide bonds.